The van der Waals surface area contributed by atoms with Crippen molar-refractivity contribution in [3.63, 3.8) is 0 Å². The summed E-state index contributed by atoms with van der Waals surface area (Å²) in [6.07, 6.45) is 1.04. The van der Waals surface area contributed by atoms with Crippen LogP contribution in [-0.2, 0) is 26.3 Å². The number of halogens is 1. The van der Waals surface area contributed by atoms with Crippen molar-refractivity contribution in [1.29, 1.82) is 0 Å². The van der Waals surface area contributed by atoms with Gasteiger partial charge < -0.3 is 10.2 Å². The average molecular weight is 521 g/mol. The zero-order chi connectivity index (χ0) is 27.0. The molecule has 2 aromatic rings. The molecular weight excluding hydrogens is 483 g/mol. The standard InChI is InChI=1S/C26H37FN4O4S/c1-7-20(4)28-26(33)23(8-2)30(17-21-13-11-12-19(3)16-21)25(32)18-31(36(34,35)29(5)6)24-15-10-9-14-22(24)27/h9-16,20,23H,7-8,17-18H2,1-6H3,(H,28,33)/t20-,23+/m0/s1. The van der Waals surface area contributed by atoms with Crippen LogP contribution in [-0.4, -0.2) is 62.2 Å². The predicted molar refractivity (Wildman–Crippen MR) is 140 cm³/mol. The Morgan fingerprint density at radius 2 is 1.69 bits per heavy atom. The molecule has 0 aliphatic heterocycles. The second-order valence-corrected chi connectivity index (χ2v) is 11.1. The summed E-state index contributed by atoms with van der Waals surface area (Å²) in [5.74, 6) is -1.71. The van der Waals surface area contributed by atoms with Gasteiger partial charge in [-0.25, -0.2) is 8.70 Å². The van der Waals surface area contributed by atoms with Crippen LogP contribution in [0.4, 0.5) is 10.1 Å². The normalized spacial score (nSPS) is 13.2. The highest BCUT2D eigenvalue weighted by Gasteiger charge is 2.34. The van der Waals surface area contributed by atoms with Crippen molar-refractivity contribution in [2.45, 2.75) is 59.2 Å². The molecule has 0 bridgehead atoms. The Morgan fingerprint density at radius 1 is 1.03 bits per heavy atom. The van der Waals surface area contributed by atoms with E-state index in [0.29, 0.717) is 6.42 Å². The molecule has 0 aliphatic carbocycles. The molecular formula is C26H37FN4O4S. The Morgan fingerprint density at radius 3 is 2.25 bits per heavy atom. The predicted octanol–water partition coefficient (Wildman–Crippen LogP) is 3.47. The van der Waals surface area contributed by atoms with Crippen molar-refractivity contribution in [3.8, 4) is 0 Å². The summed E-state index contributed by atoms with van der Waals surface area (Å²) in [4.78, 5) is 28.3. The van der Waals surface area contributed by atoms with E-state index in [9.17, 15) is 22.4 Å². The van der Waals surface area contributed by atoms with E-state index in [2.05, 4.69) is 5.32 Å². The van der Waals surface area contributed by atoms with E-state index in [1.807, 2.05) is 45.0 Å². The van der Waals surface area contributed by atoms with Gasteiger partial charge in [-0.05, 0) is 44.4 Å². The highest BCUT2D eigenvalue weighted by Crippen LogP contribution is 2.24. The van der Waals surface area contributed by atoms with Crippen LogP contribution in [0.25, 0.3) is 0 Å². The topological polar surface area (TPSA) is 90.0 Å². The first-order chi connectivity index (χ1) is 16.9. The molecule has 0 saturated carbocycles. The maximum atomic E-state index is 14.7. The van der Waals surface area contributed by atoms with Gasteiger partial charge in [0.2, 0.25) is 11.8 Å². The lowest BCUT2D eigenvalue weighted by Crippen LogP contribution is -2.54. The summed E-state index contributed by atoms with van der Waals surface area (Å²) in [6, 6.07) is 12.0. The van der Waals surface area contributed by atoms with Crippen molar-refractivity contribution in [1.82, 2.24) is 14.5 Å². The lowest BCUT2D eigenvalue weighted by Gasteiger charge is -2.34. The van der Waals surface area contributed by atoms with Crippen LogP contribution in [0.15, 0.2) is 48.5 Å². The van der Waals surface area contributed by atoms with Gasteiger partial charge in [0.05, 0.1) is 5.69 Å². The molecule has 1 N–H and O–H groups in total. The van der Waals surface area contributed by atoms with Gasteiger partial charge in [-0.2, -0.15) is 12.7 Å². The summed E-state index contributed by atoms with van der Waals surface area (Å²) in [5.41, 5.74) is 1.54. The largest absolute Gasteiger partial charge is 0.352 e. The number of hydrogen-bond acceptors (Lipinski definition) is 4. The van der Waals surface area contributed by atoms with E-state index < -0.39 is 34.5 Å². The summed E-state index contributed by atoms with van der Waals surface area (Å²) in [5, 5.41) is 2.92. The Kier molecular flexibility index (Phi) is 10.4. The lowest BCUT2D eigenvalue weighted by molar-refractivity contribution is -0.140. The molecule has 0 radical (unpaired) electrons. The van der Waals surface area contributed by atoms with Crippen molar-refractivity contribution in [3.05, 3.63) is 65.5 Å². The third kappa shape index (κ3) is 7.27. The first kappa shape index (κ1) is 29.3. The Labute approximate surface area is 214 Å². The number of hydrogen-bond donors (Lipinski definition) is 1. The zero-order valence-corrected chi connectivity index (χ0v) is 22.7. The van der Waals surface area contributed by atoms with E-state index in [1.165, 1.54) is 37.2 Å². The SMILES string of the molecule is CC[C@H](C(=O)N[C@@H](C)CC)N(Cc1cccc(C)c1)C(=O)CN(c1ccccc1F)S(=O)(=O)N(C)C. The van der Waals surface area contributed by atoms with Crippen LogP contribution >= 0.6 is 0 Å². The first-order valence-corrected chi connectivity index (χ1v) is 13.4. The molecule has 0 aliphatic rings. The van der Waals surface area contributed by atoms with E-state index in [1.54, 1.807) is 6.92 Å². The number of para-hydroxylation sites is 1. The Bertz CT molecular complexity index is 1160. The van der Waals surface area contributed by atoms with Gasteiger partial charge >= 0.3 is 10.2 Å². The molecule has 2 amide bonds. The number of benzene rings is 2. The van der Waals surface area contributed by atoms with Crippen LogP contribution in [0.2, 0.25) is 0 Å². The van der Waals surface area contributed by atoms with Gasteiger partial charge in [-0.1, -0.05) is 55.8 Å². The maximum Gasteiger partial charge on any atom is 0.304 e. The van der Waals surface area contributed by atoms with Gasteiger partial charge in [-0.15, -0.1) is 0 Å². The van der Waals surface area contributed by atoms with Crippen LogP contribution in [0.5, 0.6) is 0 Å². The number of amides is 2. The summed E-state index contributed by atoms with van der Waals surface area (Å²) >= 11 is 0. The Hall–Kier alpha value is -2.98. The number of nitrogens with one attached hydrogen (secondary N) is 1. The zero-order valence-electron chi connectivity index (χ0n) is 21.9. The minimum atomic E-state index is -4.22. The van der Waals surface area contributed by atoms with Gasteiger partial charge in [0.1, 0.15) is 18.4 Å². The number of carbonyl (C=O) groups is 2. The monoisotopic (exact) mass is 520 g/mol. The van der Waals surface area contributed by atoms with Crippen LogP contribution < -0.4 is 9.62 Å². The number of aryl methyl sites for hydroxylation is 1. The van der Waals surface area contributed by atoms with Crippen molar-refractivity contribution in [2.24, 2.45) is 0 Å². The molecule has 198 valence electrons. The van der Waals surface area contributed by atoms with Gasteiger partial charge in [0, 0.05) is 26.7 Å². The minimum absolute atomic E-state index is 0.0912. The number of anilines is 1. The van der Waals surface area contributed by atoms with E-state index >= 15 is 0 Å². The molecule has 2 aromatic carbocycles. The van der Waals surface area contributed by atoms with Crippen LogP contribution in [0, 0.1) is 12.7 Å². The molecule has 0 fully saturated rings. The lowest BCUT2D eigenvalue weighted by atomic mass is 10.1. The second kappa shape index (κ2) is 12.8. The van der Waals surface area contributed by atoms with Gasteiger partial charge in [0.25, 0.3) is 0 Å². The smallest absolute Gasteiger partial charge is 0.304 e. The highest BCUT2D eigenvalue weighted by molar-refractivity contribution is 7.90. The molecule has 0 saturated heterocycles. The molecule has 0 unspecified atom stereocenters. The second-order valence-electron chi connectivity index (χ2n) is 9.00. The van der Waals surface area contributed by atoms with Crippen LogP contribution in [0.1, 0.15) is 44.7 Å². The molecule has 0 heterocycles. The molecule has 0 aromatic heterocycles. The molecule has 36 heavy (non-hydrogen) atoms. The summed E-state index contributed by atoms with van der Waals surface area (Å²) in [7, 11) is -1.60. The van der Waals surface area contributed by atoms with Crippen molar-refractivity contribution < 1.29 is 22.4 Å². The summed E-state index contributed by atoms with van der Waals surface area (Å²) in [6.45, 7) is 6.97. The number of carbonyl (C=O) groups excluding carboxylic acids is 2. The van der Waals surface area contributed by atoms with Gasteiger partial charge in [0.15, 0.2) is 0 Å². The third-order valence-electron chi connectivity index (χ3n) is 5.96. The summed E-state index contributed by atoms with van der Waals surface area (Å²) < 4.78 is 42.6. The molecule has 2 atom stereocenters. The minimum Gasteiger partial charge on any atom is -0.352 e. The first-order valence-electron chi connectivity index (χ1n) is 12.0. The molecule has 0 spiro atoms. The third-order valence-corrected chi connectivity index (χ3v) is 7.77. The van der Waals surface area contributed by atoms with E-state index in [4.69, 9.17) is 0 Å². The van der Waals surface area contributed by atoms with E-state index in [-0.39, 0.29) is 24.2 Å². The Balaban J connectivity index is 2.52. The number of rotatable bonds is 12. The van der Waals surface area contributed by atoms with Gasteiger partial charge in [-0.3, -0.25) is 9.59 Å². The molecule has 2 rings (SSSR count). The molecule has 8 nitrogen and oxygen atoms in total. The van der Waals surface area contributed by atoms with E-state index in [0.717, 1.165) is 32.2 Å². The average Bonchev–Trinajstić information content (AvgIpc) is 2.82. The maximum absolute atomic E-state index is 14.7. The van der Waals surface area contributed by atoms with Crippen molar-refractivity contribution in [2.75, 3.05) is 24.9 Å². The molecule has 10 heteroatoms. The van der Waals surface area contributed by atoms with Crippen molar-refractivity contribution >= 4 is 27.7 Å². The van der Waals surface area contributed by atoms with Crippen LogP contribution in [0.3, 0.4) is 0 Å². The fourth-order valence-electron chi connectivity index (χ4n) is 3.72. The fourth-order valence-corrected chi connectivity index (χ4v) is 4.79. The number of nitrogens with zero attached hydrogens (tertiary/aromatic N) is 3. The highest BCUT2D eigenvalue weighted by atomic mass is 32.2. The quantitative estimate of drug-likeness (QED) is 0.464. The fraction of sp³-hybridized carbons (Fsp3) is 0.462.